The zero-order valence-corrected chi connectivity index (χ0v) is 12.5. The maximum absolute atomic E-state index is 11.9. The molecule has 0 fully saturated rings. The van der Waals surface area contributed by atoms with E-state index >= 15 is 0 Å². The van der Waals surface area contributed by atoms with E-state index in [4.69, 9.17) is 4.52 Å². The molecule has 2 heterocycles. The Morgan fingerprint density at radius 3 is 2.81 bits per heavy atom. The van der Waals surface area contributed by atoms with E-state index in [-0.39, 0.29) is 17.9 Å². The van der Waals surface area contributed by atoms with Crippen LogP contribution in [0.4, 0.5) is 0 Å². The zero-order valence-electron chi connectivity index (χ0n) is 12.5. The van der Waals surface area contributed by atoms with Crippen LogP contribution in [-0.2, 0) is 11.2 Å². The van der Waals surface area contributed by atoms with Crippen molar-refractivity contribution in [1.82, 2.24) is 20.4 Å². The summed E-state index contributed by atoms with van der Waals surface area (Å²) in [7, 11) is 0. The second-order valence-corrected chi connectivity index (χ2v) is 5.28. The highest BCUT2D eigenvalue weighted by Gasteiger charge is 2.13. The summed E-state index contributed by atoms with van der Waals surface area (Å²) < 4.78 is 5.11. The van der Waals surface area contributed by atoms with Crippen LogP contribution in [0.1, 0.15) is 56.4 Å². The average Bonchev–Trinajstić information content (AvgIpc) is 2.95. The van der Waals surface area contributed by atoms with Gasteiger partial charge in [0.05, 0.1) is 6.04 Å². The molecule has 2 aromatic rings. The second kappa shape index (κ2) is 6.97. The van der Waals surface area contributed by atoms with Gasteiger partial charge < -0.3 is 9.84 Å². The van der Waals surface area contributed by atoms with Crippen molar-refractivity contribution in [2.45, 2.75) is 45.6 Å². The fourth-order valence-corrected chi connectivity index (χ4v) is 1.85. The van der Waals surface area contributed by atoms with Gasteiger partial charge in [-0.1, -0.05) is 25.1 Å². The molecular formula is C15H20N4O2. The van der Waals surface area contributed by atoms with Gasteiger partial charge in [0, 0.05) is 31.2 Å². The third-order valence-corrected chi connectivity index (χ3v) is 3.13. The molecule has 112 valence electrons. The molecule has 1 atom stereocenters. The van der Waals surface area contributed by atoms with Crippen LogP contribution in [0.5, 0.6) is 0 Å². The fourth-order valence-electron chi connectivity index (χ4n) is 1.85. The number of hydrogen-bond donors (Lipinski definition) is 1. The van der Waals surface area contributed by atoms with Gasteiger partial charge in [-0.15, -0.1) is 0 Å². The van der Waals surface area contributed by atoms with Gasteiger partial charge in [0.15, 0.2) is 5.82 Å². The smallest absolute Gasteiger partial charge is 0.227 e. The van der Waals surface area contributed by atoms with E-state index in [9.17, 15) is 4.79 Å². The van der Waals surface area contributed by atoms with Crippen molar-refractivity contribution in [1.29, 1.82) is 0 Å². The molecule has 0 spiro atoms. The highest BCUT2D eigenvalue weighted by molar-refractivity contribution is 5.76. The predicted octanol–water partition coefficient (Wildman–Crippen LogP) is 2.40. The fraction of sp³-hybridized carbons (Fsp3) is 0.467. The summed E-state index contributed by atoms with van der Waals surface area (Å²) in [4.78, 5) is 20.2. The van der Waals surface area contributed by atoms with Gasteiger partial charge in [-0.3, -0.25) is 9.78 Å². The van der Waals surface area contributed by atoms with Crippen LogP contribution < -0.4 is 5.32 Å². The molecule has 0 saturated heterocycles. The van der Waals surface area contributed by atoms with Gasteiger partial charge in [-0.05, 0) is 18.6 Å². The first-order valence-electron chi connectivity index (χ1n) is 7.08. The van der Waals surface area contributed by atoms with Crippen molar-refractivity contribution in [3.8, 4) is 0 Å². The first-order chi connectivity index (χ1) is 10.1. The maximum atomic E-state index is 11.9. The van der Waals surface area contributed by atoms with Crippen LogP contribution in [0, 0.1) is 0 Å². The van der Waals surface area contributed by atoms with Crippen LogP contribution in [0.3, 0.4) is 0 Å². The molecule has 2 aromatic heterocycles. The van der Waals surface area contributed by atoms with Crippen molar-refractivity contribution < 1.29 is 9.32 Å². The minimum absolute atomic E-state index is 0.0457. The molecule has 2 rings (SSSR count). The molecule has 0 aromatic carbocycles. The monoisotopic (exact) mass is 288 g/mol. The van der Waals surface area contributed by atoms with E-state index in [1.807, 2.05) is 32.9 Å². The lowest BCUT2D eigenvalue weighted by Gasteiger charge is -2.13. The van der Waals surface area contributed by atoms with Crippen molar-refractivity contribution in [2.75, 3.05) is 0 Å². The molecular weight excluding hydrogens is 268 g/mol. The van der Waals surface area contributed by atoms with Crippen molar-refractivity contribution in [3.05, 3.63) is 41.8 Å². The highest BCUT2D eigenvalue weighted by atomic mass is 16.5. The summed E-state index contributed by atoms with van der Waals surface area (Å²) in [6.07, 6.45) is 4.23. The third-order valence-electron chi connectivity index (χ3n) is 3.13. The lowest BCUT2D eigenvalue weighted by molar-refractivity contribution is -0.121. The molecule has 0 aliphatic carbocycles. The maximum Gasteiger partial charge on any atom is 0.227 e. The Labute approximate surface area is 124 Å². The standard InChI is InChI=1S/C15H20N4O2/c1-10(2)15-18-14(21-19-15)7-6-13(20)17-11(3)12-5-4-8-16-9-12/h4-5,8-11H,6-7H2,1-3H3,(H,17,20). The number of aryl methyl sites for hydroxylation is 1. The van der Waals surface area contributed by atoms with Crippen LogP contribution in [0.15, 0.2) is 29.0 Å². The molecule has 1 N–H and O–H groups in total. The van der Waals surface area contributed by atoms with Gasteiger partial charge in [0.25, 0.3) is 0 Å². The number of pyridine rings is 1. The molecule has 6 nitrogen and oxygen atoms in total. The zero-order chi connectivity index (χ0) is 15.2. The van der Waals surface area contributed by atoms with E-state index in [2.05, 4.69) is 20.4 Å². The number of nitrogens with zero attached hydrogens (tertiary/aromatic N) is 3. The lowest BCUT2D eigenvalue weighted by Crippen LogP contribution is -2.26. The van der Waals surface area contributed by atoms with Crippen LogP contribution in [0.2, 0.25) is 0 Å². The molecule has 0 radical (unpaired) electrons. The number of hydrogen-bond acceptors (Lipinski definition) is 5. The Morgan fingerprint density at radius 1 is 1.38 bits per heavy atom. The molecule has 0 saturated carbocycles. The Morgan fingerprint density at radius 2 is 2.19 bits per heavy atom. The Hall–Kier alpha value is -2.24. The quantitative estimate of drug-likeness (QED) is 0.882. The van der Waals surface area contributed by atoms with E-state index in [1.165, 1.54) is 0 Å². The number of nitrogens with one attached hydrogen (secondary N) is 1. The summed E-state index contributed by atoms with van der Waals surface area (Å²) in [6, 6.07) is 3.72. The molecule has 1 unspecified atom stereocenters. The topological polar surface area (TPSA) is 80.9 Å². The summed E-state index contributed by atoms with van der Waals surface area (Å²) in [6.45, 7) is 5.92. The Balaban J connectivity index is 1.82. The number of carbonyl (C=O) groups is 1. The Kier molecular flexibility index (Phi) is 5.03. The van der Waals surface area contributed by atoms with Crippen molar-refractivity contribution >= 4 is 5.91 Å². The number of amides is 1. The first kappa shape index (κ1) is 15.2. The highest BCUT2D eigenvalue weighted by Crippen LogP contribution is 2.12. The minimum atomic E-state index is -0.0693. The predicted molar refractivity (Wildman–Crippen MR) is 77.5 cm³/mol. The number of carbonyl (C=O) groups excluding carboxylic acids is 1. The SMILES string of the molecule is CC(C)c1noc(CCC(=O)NC(C)c2cccnc2)n1. The van der Waals surface area contributed by atoms with Gasteiger partial charge >= 0.3 is 0 Å². The normalized spacial score (nSPS) is 12.4. The summed E-state index contributed by atoms with van der Waals surface area (Å²) >= 11 is 0. The molecule has 0 bridgehead atoms. The summed E-state index contributed by atoms with van der Waals surface area (Å²) in [5, 5.41) is 6.80. The van der Waals surface area contributed by atoms with Gasteiger partial charge in [0.2, 0.25) is 11.8 Å². The van der Waals surface area contributed by atoms with Crippen molar-refractivity contribution in [3.63, 3.8) is 0 Å². The third kappa shape index (κ3) is 4.37. The van der Waals surface area contributed by atoms with Crippen LogP contribution in [0.25, 0.3) is 0 Å². The molecule has 6 heteroatoms. The van der Waals surface area contributed by atoms with E-state index in [0.29, 0.717) is 24.6 Å². The minimum Gasteiger partial charge on any atom is -0.350 e. The van der Waals surface area contributed by atoms with E-state index < -0.39 is 0 Å². The largest absolute Gasteiger partial charge is 0.350 e. The number of aromatic nitrogens is 3. The van der Waals surface area contributed by atoms with Crippen LogP contribution >= 0.6 is 0 Å². The molecule has 0 aliphatic heterocycles. The van der Waals surface area contributed by atoms with E-state index in [1.54, 1.807) is 12.4 Å². The average molecular weight is 288 g/mol. The van der Waals surface area contributed by atoms with Crippen molar-refractivity contribution in [2.24, 2.45) is 0 Å². The summed E-state index contributed by atoms with van der Waals surface area (Å²) in [5.41, 5.74) is 0.978. The Bertz CT molecular complexity index is 580. The molecule has 21 heavy (non-hydrogen) atoms. The molecule has 0 aliphatic rings. The van der Waals surface area contributed by atoms with Gasteiger partial charge in [-0.25, -0.2) is 0 Å². The molecule has 1 amide bonds. The lowest BCUT2D eigenvalue weighted by atomic mass is 10.1. The van der Waals surface area contributed by atoms with E-state index in [0.717, 1.165) is 5.56 Å². The summed E-state index contributed by atoms with van der Waals surface area (Å²) in [5.74, 6) is 1.36. The second-order valence-electron chi connectivity index (χ2n) is 5.28. The number of rotatable bonds is 6. The first-order valence-corrected chi connectivity index (χ1v) is 7.08. The van der Waals surface area contributed by atoms with Gasteiger partial charge in [-0.2, -0.15) is 4.98 Å². The van der Waals surface area contributed by atoms with Gasteiger partial charge in [0.1, 0.15) is 0 Å². The van der Waals surface area contributed by atoms with Crippen LogP contribution in [-0.4, -0.2) is 21.0 Å².